The highest BCUT2D eigenvalue weighted by Gasteiger charge is 2.16. The summed E-state index contributed by atoms with van der Waals surface area (Å²) < 4.78 is 5.00. The molecule has 0 spiro atoms. The summed E-state index contributed by atoms with van der Waals surface area (Å²) in [6, 6.07) is 1.68. The Balaban J connectivity index is 2.97. The molecule has 1 heterocycles. The van der Waals surface area contributed by atoms with Crippen LogP contribution in [0.15, 0.2) is 18.5 Å². The second-order valence-corrected chi connectivity index (χ2v) is 3.80. The molecule has 0 atom stereocenters. The van der Waals surface area contributed by atoms with Gasteiger partial charge in [-0.1, -0.05) is 11.8 Å². The van der Waals surface area contributed by atoms with Gasteiger partial charge >= 0.3 is 0 Å². The molecule has 102 valence electrons. The number of amides is 1. The number of nitrogens with two attached hydrogens (primary N) is 1. The first-order valence-electron chi connectivity index (χ1n) is 6.15. The van der Waals surface area contributed by atoms with E-state index in [1.165, 1.54) is 0 Å². The molecule has 0 aliphatic rings. The van der Waals surface area contributed by atoms with Gasteiger partial charge in [0.25, 0.3) is 5.91 Å². The van der Waals surface area contributed by atoms with Crippen molar-refractivity contribution in [3.63, 3.8) is 0 Å². The normalized spacial score (nSPS) is 9.63. The number of hydrogen-bond donors (Lipinski definition) is 1. The molecular weight excluding hydrogens is 242 g/mol. The van der Waals surface area contributed by atoms with Crippen molar-refractivity contribution in [3.05, 3.63) is 29.6 Å². The van der Waals surface area contributed by atoms with Gasteiger partial charge in [0.2, 0.25) is 0 Å². The van der Waals surface area contributed by atoms with E-state index in [9.17, 15) is 4.79 Å². The summed E-state index contributed by atoms with van der Waals surface area (Å²) in [5.74, 6) is 5.55. The standard InChI is InChI=1S/C14H19N3O2/c1-3-17(9-10-19-2)14(18)13-6-8-16-11-12(13)5-4-7-15/h6,8,11H,3,7,9-10,15H2,1-2H3. The number of nitrogens with zero attached hydrogens (tertiary/aromatic N) is 2. The monoisotopic (exact) mass is 261 g/mol. The topological polar surface area (TPSA) is 68.5 Å². The number of pyridine rings is 1. The third-order valence-electron chi connectivity index (χ3n) is 2.61. The van der Waals surface area contributed by atoms with Crippen LogP contribution in [0.5, 0.6) is 0 Å². The van der Waals surface area contributed by atoms with Gasteiger partial charge in [0.1, 0.15) is 0 Å². The lowest BCUT2D eigenvalue weighted by atomic mass is 10.1. The number of hydrogen-bond acceptors (Lipinski definition) is 4. The third-order valence-corrected chi connectivity index (χ3v) is 2.61. The minimum Gasteiger partial charge on any atom is -0.383 e. The molecular formula is C14H19N3O2. The van der Waals surface area contributed by atoms with Crippen LogP contribution in [0.2, 0.25) is 0 Å². The van der Waals surface area contributed by atoms with Gasteiger partial charge in [-0.2, -0.15) is 0 Å². The van der Waals surface area contributed by atoms with Gasteiger partial charge in [0.15, 0.2) is 0 Å². The molecule has 1 aromatic rings. The molecule has 0 unspecified atom stereocenters. The maximum atomic E-state index is 12.4. The Kier molecular flexibility index (Phi) is 6.58. The van der Waals surface area contributed by atoms with Crippen LogP contribution in [0.25, 0.3) is 0 Å². The summed E-state index contributed by atoms with van der Waals surface area (Å²) in [5, 5.41) is 0. The first kappa shape index (κ1) is 15.2. The van der Waals surface area contributed by atoms with E-state index in [1.807, 2.05) is 6.92 Å². The fraction of sp³-hybridized carbons (Fsp3) is 0.429. The highest BCUT2D eigenvalue weighted by Crippen LogP contribution is 2.09. The minimum absolute atomic E-state index is 0.0664. The largest absolute Gasteiger partial charge is 0.383 e. The third kappa shape index (κ3) is 4.36. The molecule has 0 radical (unpaired) electrons. The van der Waals surface area contributed by atoms with Crippen molar-refractivity contribution < 1.29 is 9.53 Å². The summed E-state index contributed by atoms with van der Waals surface area (Å²) in [5.41, 5.74) is 6.50. The van der Waals surface area contributed by atoms with Crippen LogP contribution in [-0.2, 0) is 4.74 Å². The van der Waals surface area contributed by atoms with Crippen LogP contribution in [0, 0.1) is 11.8 Å². The van der Waals surface area contributed by atoms with E-state index < -0.39 is 0 Å². The molecule has 0 saturated heterocycles. The molecule has 1 rings (SSSR count). The van der Waals surface area contributed by atoms with Gasteiger partial charge in [-0.3, -0.25) is 9.78 Å². The summed E-state index contributed by atoms with van der Waals surface area (Å²) in [4.78, 5) is 18.1. The van der Waals surface area contributed by atoms with Gasteiger partial charge in [-0.15, -0.1) is 0 Å². The Morgan fingerprint density at radius 3 is 3.00 bits per heavy atom. The van der Waals surface area contributed by atoms with E-state index in [2.05, 4.69) is 16.8 Å². The first-order chi connectivity index (χ1) is 9.24. The van der Waals surface area contributed by atoms with Gasteiger partial charge < -0.3 is 15.4 Å². The molecule has 1 aromatic heterocycles. The zero-order valence-electron chi connectivity index (χ0n) is 11.3. The van der Waals surface area contributed by atoms with Crippen molar-refractivity contribution in [2.24, 2.45) is 5.73 Å². The maximum absolute atomic E-state index is 12.4. The average molecular weight is 261 g/mol. The number of rotatable bonds is 5. The van der Waals surface area contributed by atoms with E-state index in [-0.39, 0.29) is 12.5 Å². The van der Waals surface area contributed by atoms with E-state index in [0.717, 1.165) is 0 Å². The summed E-state index contributed by atoms with van der Waals surface area (Å²) in [6.07, 6.45) is 3.17. The van der Waals surface area contributed by atoms with E-state index in [1.54, 1.807) is 30.5 Å². The Bertz CT molecular complexity index is 477. The van der Waals surface area contributed by atoms with Crippen molar-refractivity contribution >= 4 is 5.91 Å². The zero-order chi connectivity index (χ0) is 14.1. The van der Waals surface area contributed by atoms with Gasteiger partial charge in [0.05, 0.1) is 24.3 Å². The second kappa shape index (κ2) is 8.25. The SMILES string of the molecule is CCN(CCOC)C(=O)c1ccncc1C#CCN. The van der Waals surface area contributed by atoms with Crippen LogP contribution < -0.4 is 5.73 Å². The van der Waals surface area contributed by atoms with Crippen LogP contribution in [0.3, 0.4) is 0 Å². The second-order valence-electron chi connectivity index (χ2n) is 3.80. The smallest absolute Gasteiger partial charge is 0.255 e. The maximum Gasteiger partial charge on any atom is 0.255 e. The van der Waals surface area contributed by atoms with Crippen molar-refractivity contribution in [2.75, 3.05) is 33.4 Å². The van der Waals surface area contributed by atoms with Crippen molar-refractivity contribution in [2.45, 2.75) is 6.92 Å². The molecule has 0 aliphatic carbocycles. The fourth-order valence-electron chi connectivity index (χ4n) is 1.60. The number of methoxy groups -OCH3 is 1. The van der Waals surface area contributed by atoms with Crippen molar-refractivity contribution in [1.82, 2.24) is 9.88 Å². The van der Waals surface area contributed by atoms with E-state index in [0.29, 0.717) is 30.8 Å². The highest BCUT2D eigenvalue weighted by molar-refractivity contribution is 5.96. The molecule has 5 nitrogen and oxygen atoms in total. The molecule has 0 saturated carbocycles. The van der Waals surface area contributed by atoms with Crippen molar-refractivity contribution in [3.8, 4) is 11.8 Å². The van der Waals surface area contributed by atoms with Crippen LogP contribution in [0.4, 0.5) is 0 Å². The minimum atomic E-state index is -0.0664. The molecule has 1 amide bonds. The molecule has 5 heteroatoms. The zero-order valence-corrected chi connectivity index (χ0v) is 11.3. The Hall–Kier alpha value is -1.90. The number of likely N-dealkylation sites (N-methyl/N-ethyl adjacent to an activating group) is 1. The molecule has 0 fully saturated rings. The molecule has 0 aliphatic heterocycles. The predicted octanol–water partition coefficient (Wildman–Crippen LogP) is 0.500. The quantitative estimate of drug-likeness (QED) is 0.784. The van der Waals surface area contributed by atoms with E-state index >= 15 is 0 Å². The molecule has 0 bridgehead atoms. The molecule has 19 heavy (non-hydrogen) atoms. The van der Waals surface area contributed by atoms with E-state index in [4.69, 9.17) is 10.5 Å². The fourth-order valence-corrected chi connectivity index (χ4v) is 1.60. The number of aromatic nitrogens is 1. The lowest BCUT2D eigenvalue weighted by Crippen LogP contribution is -2.34. The predicted molar refractivity (Wildman–Crippen MR) is 73.6 cm³/mol. The number of carbonyl (C=O) groups excluding carboxylic acids is 1. The molecule has 2 N–H and O–H groups in total. The lowest BCUT2D eigenvalue weighted by Gasteiger charge is -2.20. The Morgan fingerprint density at radius 2 is 2.37 bits per heavy atom. The van der Waals surface area contributed by atoms with Crippen LogP contribution in [0.1, 0.15) is 22.8 Å². The summed E-state index contributed by atoms with van der Waals surface area (Å²) >= 11 is 0. The Labute approximate surface area is 113 Å². The van der Waals surface area contributed by atoms with Crippen LogP contribution >= 0.6 is 0 Å². The van der Waals surface area contributed by atoms with Crippen LogP contribution in [-0.4, -0.2) is 49.1 Å². The highest BCUT2D eigenvalue weighted by atomic mass is 16.5. The Morgan fingerprint density at radius 1 is 1.58 bits per heavy atom. The number of carbonyl (C=O) groups is 1. The molecule has 0 aromatic carbocycles. The van der Waals surface area contributed by atoms with Gasteiger partial charge in [-0.05, 0) is 13.0 Å². The van der Waals surface area contributed by atoms with Gasteiger partial charge in [0, 0.05) is 32.6 Å². The summed E-state index contributed by atoms with van der Waals surface area (Å²) in [6.45, 7) is 3.87. The van der Waals surface area contributed by atoms with Gasteiger partial charge in [-0.25, -0.2) is 0 Å². The van der Waals surface area contributed by atoms with Crippen molar-refractivity contribution in [1.29, 1.82) is 0 Å². The summed E-state index contributed by atoms with van der Waals surface area (Å²) in [7, 11) is 1.61. The average Bonchev–Trinajstić information content (AvgIpc) is 2.46. The number of ether oxygens (including phenoxy) is 1. The lowest BCUT2D eigenvalue weighted by molar-refractivity contribution is 0.0706. The first-order valence-corrected chi connectivity index (χ1v) is 6.15.